The third-order valence-corrected chi connectivity index (χ3v) is 5.73. The van der Waals surface area contributed by atoms with E-state index >= 15 is 0 Å². The van der Waals surface area contributed by atoms with Crippen LogP contribution in [-0.2, 0) is 4.79 Å². The molecule has 0 spiro atoms. The fourth-order valence-electron chi connectivity index (χ4n) is 2.68. The van der Waals surface area contributed by atoms with E-state index in [2.05, 4.69) is 36.3 Å². The molecule has 0 aromatic carbocycles. The molecule has 1 aromatic rings. The Kier molecular flexibility index (Phi) is 6.29. The van der Waals surface area contributed by atoms with Gasteiger partial charge in [-0.25, -0.2) is 0 Å². The lowest BCUT2D eigenvalue weighted by Crippen LogP contribution is -2.48. The van der Waals surface area contributed by atoms with Crippen molar-refractivity contribution in [1.82, 2.24) is 15.1 Å². The molecule has 2 atom stereocenters. The Bertz CT molecular complexity index is 456. The minimum absolute atomic E-state index is 0.220. The van der Waals surface area contributed by atoms with E-state index in [4.69, 9.17) is 0 Å². The van der Waals surface area contributed by atoms with Crippen LogP contribution in [0.25, 0.3) is 0 Å². The third-order valence-electron chi connectivity index (χ3n) is 3.73. The number of nitrogens with zero attached hydrogens (tertiary/aromatic N) is 3. The molecule has 0 aliphatic carbocycles. The zero-order chi connectivity index (χ0) is 15.2. The van der Waals surface area contributed by atoms with Gasteiger partial charge in [-0.1, -0.05) is 30.0 Å². The van der Waals surface area contributed by atoms with Crippen LogP contribution in [-0.4, -0.2) is 45.4 Å². The topological polar surface area (TPSA) is 58.1 Å². The highest BCUT2D eigenvalue weighted by Gasteiger charge is 2.28. The van der Waals surface area contributed by atoms with E-state index in [9.17, 15) is 4.79 Å². The van der Waals surface area contributed by atoms with Crippen molar-refractivity contribution in [2.24, 2.45) is 0 Å². The predicted octanol–water partition coefficient (Wildman–Crippen LogP) is 3.24. The summed E-state index contributed by atoms with van der Waals surface area (Å²) in [4.78, 5) is 14.5. The number of aromatic nitrogens is 2. The molecule has 2 unspecified atom stereocenters. The van der Waals surface area contributed by atoms with E-state index < -0.39 is 0 Å². The van der Waals surface area contributed by atoms with Gasteiger partial charge in [-0.3, -0.25) is 4.79 Å². The van der Waals surface area contributed by atoms with Crippen LogP contribution in [0.4, 0.5) is 5.13 Å². The molecule has 5 nitrogen and oxygen atoms in total. The van der Waals surface area contributed by atoms with Gasteiger partial charge in [0.05, 0.1) is 5.75 Å². The number of rotatable bonds is 6. The average molecular weight is 329 g/mol. The fourth-order valence-corrected chi connectivity index (χ4v) is 4.33. The van der Waals surface area contributed by atoms with Crippen molar-refractivity contribution in [1.29, 1.82) is 0 Å². The molecule has 2 heterocycles. The Hall–Kier alpha value is -0.820. The molecule has 1 aliphatic heterocycles. The molecule has 1 N–H and O–H groups in total. The smallest absolute Gasteiger partial charge is 0.233 e. The van der Waals surface area contributed by atoms with E-state index in [1.165, 1.54) is 29.5 Å². The van der Waals surface area contributed by atoms with Crippen LogP contribution < -0.4 is 5.32 Å². The van der Waals surface area contributed by atoms with Gasteiger partial charge in [-0.2, -0.15) is 0 Å². The van der Waals surface area contributed by atoms with E-state index in [0.29, 0.717) is 17.8 Å². The van der Waals surface area contributed by atoms with Gasteiger partial charge >= 0.3 is 0 Å². The summed E-state index contributed by atoms with van der Waals surface area (Å²) in [5.41, 5.74) is 0. The number of thioether (sulfide) groups is 1. The summed E-state index contributed by atoms with van der Waals surface area (Å²) in [6.07, 6.45) is 4.52. The summed E-state index contributed by atoms with van der Waals surface area (Å²) in [6.45, 7) is 7.32. The lowest BCUT2D eigenvalue weighted by Gasteiger charge is -2.39. The second-order valence-corrected chi connectivity index (χ2v) is 7.72. The first-order valence-electron chi connectivity index (χ1n) is 7.63. The normalized spacial score (nSPS) is 22.3. The van der Waals surface area contributed by atoms with Crippen molar-refractivity contribution in [3.8, 4) is 0 Å². The maximum atomic E-state index is 12.4. The van der Waals surface area contributed by atoms with Crippen LogP contribution in [0, 0.1) is 0 Å². The maximum absolute atomic E-state index is 12.4. The molecule has 0 radical (unpaired) electrons. The Morgan fingerprint density at radius 3 is 2.76 bits per heavy atom. The summed E-state index contributed by atoms with van der Waals surface area (Å²) in [6, 6.07) is 0.719. The monoisotopic (exact) mass is 328 g/mol. The first-order valence-corrected chi connectivity index (χ1v) is 9.43. The minimum atomic E-state index is 0.220. The van der Waals surface area contributed by atoms with E-state index in [-0.39, 0.29) is 5.91 Å². The van der Waals surface area contributed by atoms with Crippen molar-refractivity contribution in [2.45, 2.75) is 62.9 Å². The maximum Gasteiger partial charge on any atom is 0.233 e. The molecule has 1 aliphatic rings. The summed E-state index contributed by atoms with van der Waals surface area (Å²) < 4.78 is 0.860. The molecular weight excluding hydrogens is 304 g/mol. The molecule has 1 aromatic heterocycles. The molecule has 1 saturated heterocycles. The van der Waals surface area contributed by atoms with Gasteiger partial charge in [0.15, 0.2) is 4.34 Å². The lowest BCUT2D eigenvalue weighted by atomic mass is 9.98. The van der Waals surface area contributed by atoms with Crippen LogP contribution in [0.3, 0.4) is 0 Å². The Labute approximate surface area is 134 Å². The van der Waals surface area contributed by atoms with Crippen molar-refractivity contribution in [3.05, 3.63) is 0 Å². The van der Waals surface area contributed by atoms with Crippen molar-refractivity contribution in [2.75, 3.05) is 17.6 Å². The van der Waals surface area contributed by atoms with Crippen LogP contribution in [0.1, 0.15) is 46.5 Å². The molecule has 1 amide bonds. The van der Waals surface area contributed by atoms with Crippen LogP contribution in [0.2, 0.25) is 0 Å². The highest BCUT2D eigenvalue weighted by atomic mass is 32.2. The predicted molar refractivity (Wildman–Crippen MR) is 89.0 cm³/mol. The molecule has 118 valence electrons. The number of hydrogen-bond donors (Lipinski definition) is 1. The number of piperidine rings is 1. The second kappa shape index (κ2) is 7.98. The average Bonchev–Trinajstić information content (AvgIpc) is 2.90. The number of hydrogen-bond acceptors (Lipinski definition) is 6. The van der Waals surface area contributed by atoms with Gasteiger partial charge in [0, 0.05) is 18.6 Å². The van der Waals surface area contributed by atoms with Gasteiger partial charge in [-0.05, 0) is 39.5 Å². The van der Waals surface area contributed by atoms with Gasteiger partial charge < -0.3 is 10.2 Å². The van der Waals surface area contributed by atoms with Crippen molar-refractivity contribution in [3.63, 3.8) is 0 Å². The van der Waals surface area contributed by atoms with Gasteiger partial charge in [0.25, 0.3) is 0 Å². The van der Waals surface area contributed by atoms with Crippen LogP contribution in [0.5, 0.6) is 0 Å². The lowest BCUT2D eigenvalue weighted by molar-refractivity contribution is -0.134. The van der Waals surface area contributed by atoms with Crippen LogP contribution in [0.15, 0.2) is 4.34 Å². The number of nitrogens with one attached hydrogen (secondary N) is 1. The zero-order valence-electron chi connectivity index (χ0n) is 13.0. The Morgan fingerprint density at radius 1 is 1.38 bits per heavy atom. The first-order chi connectivity index (χ1) is 10.1. The molecule has 2 rings (SSSR count). The summed E-state index contributed by atoms with van der Waals surface area (Å²) in [7, 11) is 0. The number of carbonyl (C=O) groups is 1. The van der Waals surface area contributed by atoms with E-state index in [0.717, 1.165) is 35.3 Å². The van der Waals surface area contributed by atoms with E-state index in [1.54, 1.807) is 0 Å². The standard InChI is InChI=1S/C14H24N4OS2/c1-4-8-15-13-16-17-14(21-13)20-9-12(19)18-10(2)6-5-7-11(18)3/h10-11H,4-9H2,1-3H3,(H,15,16). The highest BCUT2D eigenvalue weighted by molar-refractivity contribution is 8.01. The zero-order valence-corrected chi connectivity index (χ0v) is 14.6. The Morgan fingerprint density at radius 2 is 2.10 bits per heavy atom. The molecule has 21 heavy (non-hydrogen) atoms. The van der Waals surface area contributed by atoms with Gasteiger partial charge in [0.2, 0.25) is 11.0 Å². The van der Waals surface area contributed by atoms with Gasteiger partial charge in [-0.15, -0.1) is 10.2 Å². The largest absolute Gasteiger partial charge is 0.360 e. The van der Waals surface area contributed by atoms with Crippen molar-refractivity contribution < 1.29 is 4.79 Å². The summed E-state index contributed by atoms with van der Waals surface area (Å²) >= 11 is 3.02. The molecule has 1 fully saturated rings. The molecule has 0 saturated carbocycles. The molecule has 0 bridgehead atoms. The SMILES string of the molecule is CCCNc1nnc(SCC(=O)N2C(C)CCCC2C)s1. The first kappa shape index (κ1) is 16.5. The number of anilines is 1. The molecular formula is C14H24N4OS2. The van der Waals surface area contributed by atoms with E-state index in [1.807, 2.05) is 4.90 Å². The van der Waals surface area contributed by atoms with Gasteiger partial charge in [0.1, 0.15) is 0 Å². The second-order valence-electron chi connectivity index (χ2n) is 5.52. The van der Waals surface area contributed by atoms with Crippen LogP contribution >= 0.6 is 23.1 Å². The Balaban J connectivity index is 1.84. The number of carbonyl (C=O) groups excluding carboxylic acids is 1. The molecule has 7 heteroatoms. The number of likely N-dealkylation sites (tertiary alicyclic amines) is 1. The highest BCUT2D eigenvalue weighted by Crippen LogP contribution is 2.28. The summed E-state index contributed by atoms with van der Waals surface area (Å²) in [5, 5.41) is 12.3. The summed E-state index contributed by atoms with van der Waals surface area (Å²) in [5.74, 6) is 0.676. The third kappa shape index (κ3) is 4.57. The number of amides is 1. The quantitative estimate of drug-likeness (QED) is 0.812. The fraction of sp³-hybridized carbons (Fsp3) is 0.786. The minimum Gasteiger partial charge on any atom is -0.360 e. The van der Waals surface area contributed by atoms with Crippen molar-refractivity contribution >= 4 is 34.1 Å².